The van der Waals surface area contributed by atoms with Crippen molar-refractivity contribution < 1.29 is 9.90 Å². The Bertz CT molecular complexity index is 612. The number of aromatic nitrogens is 3. The van der Waals surface area contributed by atoms with E-state index in [2.05, 4.69) is 9.97 Å². The third kappa shape index (κ3) is 1.75. The molecule has 0 atom stereocenters. The van der Waals surface area contributed by atoms with Gasteiger partial charge in [0.25, 0.3) is 0 Å². The Morgan fingerprint density at radius 3 is 2.78 bits per heavy atom. The molecule has 0 bridgehead atoms. The van der Waals surface area contributed by atoms with Crippen LogP contribution in [0.2, 0.25) is 0 Å². The van der Waals surface area contributed by atoms with Crippen molar-refractivity contribution in [3.05, 3.63) is 29.5 Å². The van der Waals surface area contributed by atoms with Crippen LogP contribution < -0.4 is 0 Å². The van der Waals surface area contributed by atoms with Crippen molar-refractivity contribution >= 4 is 11.6 Å². The number of carboxylic acids is 1. The van der Waals surface area contributed by atoms with Crippen molar-refractivity contribution in [1.29, 1.82) is 0 Å². The molecule has 2 heterocycles. The third-order valence-corrected chi connectivity index (χ3v) is 3.64. The molecule has 1 saturated carbocycles. The second-order valence-corrected chi connectivity index (χ2v) is 4.87. The van der Waals surface area contributed by atoms with Gasteiger partial charge in [-0.05, 0) is 19.8 Å². The van der Waals surface area contributed by atoms with Crippen molar-refractivity contribution in [3.63, 3.8) is 0 Å². The number of carbonyl (C=O) groups is 1. The smallest absolute Gasteiger partial charge is 0.356 e. The Kier molecular flexibility index (Phi) is 2.54. The molecule has 0 radical (unpaired) electrons. The highest BCUT2D eigenvalue weighted by Crippen LogP contribution is 2.33. The van der Waals surface area contributed by atoms with Crippen molar-refractivity contribution in [2.75, 3.05) is 0 Å². The van der Waals surface area contributed by atoms with Gasteiger partial charge in [-0.3, -0.25) is 4.40 Å². The van der Waals surface area contributed by atoms with E-state index in [1.165, 1.54) is 31.9 Å². The number of imidazole rings is 1. The van der Waals surface area contributed by atoms with Gasteiger partial charge in [0.05, 0.1) is 0 Å². The van der Waals surface area contributed by atoms with Crippen LogP contribution in [0.3, 0.4) is 0 Å². The van der Waals surface area contributed by atoms with Crippen molar-refractivity contribution in [1.82, 2.24) is 14.4 Å². The summed E-state index contributed by atoms with van der Waals surface area (Å²) < 4.78 is 1.74. The topological polar surface area (TPSA) is 67.5 Å². The molecule has 1 N–H and O–H groups in total. The monoisotopic (exact) mass is 245 g/mol. The molecule has 0 saturated heterocycles. The molecule has 0 unspecified atom stereocenters. The molecular weight excluding hydrogens is 230 g/mol. The minimum absolute atomic E-state index is 0.0727. The maximum Gasteiger partial charge on any atom is 0.356 e. The maximum atomic E-state index is 10.9. The van der Waals surface area contributed by atoms with E-state index >= 15 is 0 Å². The second kappa shape index (κ2) is 4.08. The van der Waals surface area contributed by atoms with Crippen molar-refractivity contribution in [3.8, 4) is 0 Å². The summed E-state index contributed by atoms with van der Waals surface area (Å²) in [6.07, 6.45) is 6.39. The lowest BCUT2D eigenvalue weighted by Crippen LogP contribution is -2.02. The summed E-state index contributed by atoms with van der Waals surface area (Å²) in [6, 6.07) is 1.93. The standard InChI is InChI=1S/C13H15N3O2/c1-8-14-10(9-4-2-3-5-9)6-12-15-11(13(17)18)7-16(8)12/h6-7,9H,2-5H2,1H3,(H,17,18). The van der Waals surface area contributed by atoms with E-state index in [4.69, 9.17) is 5.11 Å². The minimum atomic E-state index is -1.000. The zero-order chi connectivity index (χ0) is 12.7. The largest absolute Gasteiger partial charge is 0.476 e. The SMILES string of the molecule is Cc1nc(C2CCCC2)cc2nc(C(=O)O)cn12. The molecule has 5 nitrogen and oxygen atoms in total. The van der Waals surface area contributed by atoms with E-state index in [1.54, 1.807) is 4.40 Å². The van der Waals surface area contributed by atoms with Crippen LogP contribution in [0, 0.1) is 6.92 Å². The molecule has 5 heteroatoms. The number of carboxylic acid groups (broad SMARTS) is 1. The first-order valence-electron chi connectivity index (χ1n) is 6.25. The molecular formula is C13H15N3O2. The van der Waals surface area contributed by atoms with E-state index in [-0.39, 0.29) is 5.69 Å². The lowest BCUT2D eigenvalue weighted by atomic mass is 10.0. The fourth-order valence-corrected chi connectivity index (χ4v) is 2.69. The van der Waals surface area contributed by atoms with Crippen LogP contribution in [0.25, 0.3) is 5.65 Å². The number of fused-ring (bicyclic) bond motifs is 1. The molecule has 3 rings (SSSR count). The van der Waals surface area contributed by atoms with E-state index in [0.29, 0.717) is 11.6 Å². The summed E-state index contributed by atoms with van der Waals surface area (Å²) in [5, 5.41) is 8.96. The fourth-order valence-electron chi connectivity index (χ4n) is 2.69. The molecule has 1 fully saturated rings. The zero-order valence-electron chi connectivity index (χ0n) is 10.3. The molecule has 2 aromatic rings. The number of hydrogen-bond donors (Lipinski definition) is 1. The van der Waals surface area contributed by atoms with Crippen molar-refractivity contribution in [2.45, 2.75) is 38.5 Å². The number of aryl methyl sites for hydroxylation is 1. The first kappa shape index (κ1) is 11.2. The lowest BCUT2D eigenvalue weighted by Gasteiger charge is -2.10. The highest BCUT2D eigenvalue weighted by molar-refractivity contribution is 5.86. The van der Waals surface area contributed by atoms with Crippen LogP contribution in [0.4, 0.5) is 0 Å². The van der Waals surface area contributed by atoms with Crippen LogP contribution >= 0.6 is 0 Å². The average molecular weight is 245 g/mol. The van der Waals surface area contributed by atoms with Gasteiger partial charge in [0.2, 0.25) is 0 Å². The first-order valence-corrected chi connectivity index (χ1v) is 6.25. The summed E-state index contributed by atoms with van der Waals surface area (Å²) in [5.41, 5.74) is 1.81. The quantitative estimate of drug-likeness (QED) is 0.882. The lowest BCUT2D eigenvalue weighted by molar-refractivity contribution is 0.0691. The van der Waals surface area contributed by atoms with E-state index in [0.717, 1.165) is 11.5 Å². The van der Waals surface area contributed by atoms with Gasteiger partial charge in [-0.2, -0.15) is 0 Å². The highest BCUT2D eigenvalue weighted by Gasteiger charge is 2.20. The first-order chi connectivity index (χ1) is 8.65. The predicted molar refractivity (Wildman–Crippen MR) is 65.9 cm³/mol. The maximum absolute atomic E-state index is 10.9. The molecule has 2 aromatic heterocycles. The Labute approximate surface area is 104 Å². The van der Waals surface area contributed by atoms with Gasteiger partial charge >= 0.3 is 5.97 Å². The minimum Gasteiger partial charge on any atom is -0.476 e. The highest BCUT2D eigenvalue weighted by atomic mass is 16.4. The van der Waals surface area contributed by atoms with E-state index in [1.807, 2.05) is 13.0 Å². The summed E-state index contributed by atoms with van der Waals surface area (Å²) in [6.45, 7) is 1.89. The number of aromatic carboxylic acids is 1. The molecule has 1 aliphatic rings. The van der Waals surface area contributed by atoms with Gasteiger partial charge in [-0.25, -0.2) is 14.8 Å². The Morgan fingerprint density at radius 1 is 1.39 bits per heavy atom. The number of rotatable bonds is 2. The van der Waals surface area contributed by atoms with Gasteiger partial charge in [0, 0.05) is 23.9 Å². The van der Waals surface area contributed by atoms with Gasteiger partial charge < -0.3 is 5.11 Å². The zero-order valence-corrected chi connectivity index (χ0v) is 10.3. The Balaban J connectivity index is 2.11. The van der Waals surface area contributed by atoms with Crippen LogP contribution in [-0.4, -0.2) is 25.4 Å². The normalized spacial score (nSPS) is 16.5. The molecule has 18 heavy (non-hydrogen) atoms. The summed E-state index contributed by atoms with van der Waals surface area (Å²) in [4.78, 5) is 19.6. The molecule has 0 amide bonds. The number of hydrogen-bond acceptors (Lipinski definition) is 3. The summed E-state index contributed by atoms with van der Waals surface area (Å²) in [7, 11) is 0. The Morgan fingerprint density at radius 2 is 2.11 bits per heavy atom. The van der Waals surface area contributed by atoms with Crippen LogP contribution in [0.1, 0.15) is 53.6 Å². The average Bonchev–Trinajstić information content (AvgIpc) is 2.97. The molecule has 0 aliphatic heterocycles. The van der Waals surface area contributed by atoms with Crippen molar-refractivity contribution in [2.24, 2.45) is 0 Å². The molecule has 0 spiro atoms. The van der Waals surface area contributed by atoms with Gasteiger partial charge in [0.1, 0.15) is 11.5 Å². The second-order valence-electron chi connectivity index (χ2n) is 4.87. The number of nitrogens with zero attached hydrogens (tertiary/aromatic N) is 3. The predicted octanol–water partition coefficient (Wildman–Crippen LogP) is 2.39. The van der Waals surface area contributed by atoms with Crippen LogP contribution in [0.5, 0.6) is 0 Å². The van der Waals surface area contributed by atoms with Crippen LogP contribution in [-0.2, 0) is 0 Å². The molecule has 0 aromatic carbocycles. The van der Waals surface area contributed by atoms with Gasteiger partial charge in [-0.15, -0.1) is 0 Å². The van der Waals surface area contributed by atoms with Gasteiger partial charge in [-0.1, -0.05) is 12.8 Å². The van der Waals surface area contributed by atoms with E-state index < -0.39 is 5.97 Å². The fraction of sp³-hybridized carbons (Fsp3) is 0.462. The van der Waals surface area contributed by atoms with Crippen LogP contribution in [0.15, 0.2) is 12.3 Å². The molecule has 94 valence electrons. The Hall–Kier alpha value is -1.91. The van der Waals surface area contributed by atoms with E-state index in [9.17, 15) is 4.79 Å². The van der Waals surface area contributed by atoms with Gasteiger partial charge in [0.15, 0.2) is 5.69 Å². The summed E-state index contributed by atoms with van der Waals surface area (Å²) >= 11 is 0. The third-order valence-electron chi connectivity index (χ3n) is 3.64. The molecule has 1 aliphatic carbocycles. The summed E-state index contributed by atoms with van der Waals surface area (Å²) in [5.74, 6) is 0.314.